The first-order valence-corrected chi connectivity index (χ1v) is 10.1. The van der Waals surface area contributed by atoms with Crippen molar-refractivity contribution in [3.63, 3.8) is 0 Å². The number of aromatic nitrogens is 1. The lowest BCUT2D eigenvalue weighted by molar-refractivity contribution is 0.414. The highest BCUT2D eigenvalue weighted by atomic mass is 32.1. The Morgan fingerprint density at radius 1 is 0.893 bits per heavy atom. The predicted molar refractivity (Wildman–Crippen MR) is 117 cm³/mol. The van der Waals surface area contributed by atoms with E-state index in [0.717, 1.165) is 17.9 Å². The molecule has 0 fully saturated rings. The molecule has 3 aromatic carbocycles. The van der Waals surface area contributed by atoms with Crippen LogP contribution in [0.4, 0.5) is 5.13 Å². The minimum Gasteiger partial charge on any atom is -0.497 e. The molecule has 0 saturated carbocycles. The molecule has 0 radical (unpaired) electrons. The molecule has 0 bridgehead atoms. The zero-order chi connectivity index (χ0) is 19.3. The van der Waals surface area contributed by atoms with E-state index in [1.807, 2.05) is 18.2 Å². The monoisotopic (exact) mass is 386 g/mol. The second kappa shape index (κ2) is 8.28. The van der Waals surface area contributed by atoms with E-state index in [0.29, 0.717) is 5.13 Å². The number of methoxy groups -OCH3 is 1. The van der Waals surface area contributed by atoms with E-state index in [1.165, 1.54) is 33.6 Å². The van der Waals surface area contributed by atoms with Crippen LogP contribution in [0.2, 0.25) is 0 Å². The fourth-order valence-electron chi connectivity index (χ4n) is 3.39. The van der Waals surface area contributed by atoms with E-state index < -0.39 is 0 Å². The summed E-state index contributed by atoms with van der Waals surface area (Å²) in [6.07, 6.45) is 0.866. The van der Waals surface area contributed by atoms with Gasteiger partial charge < -0.3 is 10.5 Å². The van der Waals surface area contributed by atoms with Gasteiger partial charge in [0.2, 0.25) is 0 Å². The maximum atomic E-state index is 5.91. The number of nitrogens with two attached hydrogens (primary N) is 1. The molecule has 0 amide bonds. The Hall–Kier alpha value is -3.11. The molecule has 4 rings (SSSR count). The summed E-state index contributed by atoms with van der Waals surface area (Å²) < 4.78 is 5.30. The first-order valence-electron chi connectivity index (χ1n) is 9.22. The standard InChI is InChI=1S/C24H22N2OS/c1-27-21-13-11-20(12-14-21)22(23-16-28-24(25)26-23)15-17-7-9-19(10-8-17)18-5-3-2-4-6-18/h2-14,16,22H,15H2,1H3,(H2,25,26)/t22-/m0/s1. The molecule has 28 heavy (non-hydrogen) atoms. The summed E-state index contributed by atoms with van der Waals surface area (Å²) >= 11 is 1.49. The van der Waals surface area contributed by atoms with E-state index >= 15 is 0 Å². The number of hydrogen-bond donors (Lipinski definition) is 1. The Bertz CT molecular complexity index is 1020. The summed E-state index contributed by atoms with van der Waals surface area (Å²) in [7, 11) is 1.68. The largest absolute Gasteiger partial charge is 0.497 e. The smallest absolute Gasteiger partial charge is 0.180 e. The van der Waals surface area contributed by atoms with Gasteiger partial charge in [-0.2, -0.15) is 0 Å². The molecule has 1 atom stereocenters. The van der Waals surface area contributed by atoms with E-state index in [2.05, 4.69) is 71.0 Å². The Morgan fingerprint density at radius 3 is 2.18 bits per heavy atom. The molecule has 0 aliphatic rings. The van der Waals surface area contributed by atoms with E-state index in [9.17, 15) is 0 Å². The van der Waals surface area contributed by atoms with Gasteiger partial charge in [0.1, 0.15) is 5.75 Å². The van der Waals surface area contributed by atoms with Crippen molar-refractivity contribution in [3.8, 4) is 16.9 Å². The van der Waals surface area contributed by atoms with Crippen molar-refractivity contribution in [2.24, 2.45) is 0 Å². The number of ether oxygens (including phenoxy) is 1. The van der Waals surface area contributed by atoms with Crippen LogP contribution in [0.3, 0.4) is 0 Å². The molecular weight excluding hydrogens is 364 g/mol. The van der Waals surface area contributed by atoms with E-state index in [1.54, 1.807) is 7.11 Å². The van der Waals surface area contributed by atoms with Gasteiger partial charge in [-0.25, -0.2) is 4.98 Å². The van der Waals surface area contributed by atoms with E-state index in [-0.39, 0.29) is 5.92 Å². The summed E-state index contributed by atoms with van der Waals surface area (Å²) in [5.41, 5.74) is 11.9. The van der Waals surface area contributed by atoms with Crippen LogP contribution in [0.5, 0.6) is 5.75 Å². The van der Waals surface area contributed by atoms with Crippen molar-refractivity contribution in [1.29, 1.82) is 0 Å². The van der Waals surface area contributed by atoms with Crippen LogP contribution >= 0.6 is 11.3 Å². The summed E-state index contributed by atoms with van der Waals surface area (Å²) in [4.78, 5) is 4.56. The highest BCUT2D eigenvalue weighted by Gasteiger charge is 2.18. The average Bonchev–Trinajstić information content (AvgIpc) is 3.19. The zero-order valence-electron chi connectivity index (χ0n) is 15.7. The molecule has 0 unspecified atom stereocenters. The van der Waals surface area contributed by atoms with Crippen LogP contribution in [-0.4, -0.2) is 12.1 Å². The maximum Gasteiger partial charge on any atom is 0.180 e. The van der Waals surface area contributed by atoms with Gasteiger partial charge in [0, 0.05) is 11.3 Å². The molecule has 0 aliphatic carbocycles. The summed E-state index contributed by atoms with van der Waals surface area (Å²) in [5.74, 6) is 1.01. The number of benzene rings is 3. The number of hydrogen-bond acceptors (Lipinski definition) is 4. The Morgan fingerprint density at radius 2 is 1.57 bits per heavy atom. The van der Waals surface area contributed by atoms with Crippen LogP contribution < -0.4 is 10.5 Å². The second-order valence-electron chi connectivity index (χ2n) is 6.70. The molecule has 0 saturated heterocycles. The fourth-order valence-corrected chi connectivity index (χ4v) is 4.01. The molecule has 4 heteroatoms. The molecule has 4 aromatic rings. The molecule has 3 nitrogen and oxygen atoms in total. The lowest BCUT2D eigenvalue weighted by Crippen LogP contribution is -2.06. The minimum absolute atomic E-state index is 0.155. The van der Waals surface area contributed by atoms with Crippen LogP contribution in [0.25, 0.3) is 11.1 Å². The van der Waals surface area contributed by atoms with Crippen LogP contribution in [0.15, 0.2) is 84.2 Å². The maximum absolute atomic E-state index is 5.91. The topological polar surface area (TPSA) is 48.1 Å². The van der Waals surface area contributed by atoms with Gasteiger partial charge in [-0.15, -0.1) is 11.3 Å². The summed E-state index contributed by atoms with van der Waals surface area (Å²) in [6, 6.07) is 27.4. The molecule has 1 heterocycles. The Balaban J connectivity index is 1.62. The zero-order valence-corrected chi connectivity index (χ0v) is 16.5. The molecular formula is C24H22N2OS. The molecule has 0 spiro atoms. The highest BCUT2D eigenvalue weighted by molar-refractivity contribution is 7.13. The lowest BCUT2D eigenvalue weighted by Gasteiger charge is -2.16. The SMILES string of the molecule is COc1ccc([C@H](Cc2ccc(-c3ccccc3)cc2)c2csc(N)n2)cc1. The molecule has 1 aromatic heterocycles. The van der Waals surface area contributed by atoms with E-state index in [4.69, 9.17) is 10.5 Å². The van der Waals surface area contributed by atoms with Gasteiger partial charge in [0.25, 0.3) is 0 Å². The van der Waals surface area contributed by atoms with Gasteiger partial charge in [-0.05, 0) is 40.8 Å². The minimum atomic E-state index is 0.155. The third-order valence-electron chi connectivity index (χ3n) is 4.92. The number of nitrogens with zero attached hydrogens (tertiary/aromatic N) is 1. The van der Waals surface area contributed by atoms with Crippen molar-refractivity contribution in [2.45, 2.75) is 12.3 Å². The molecule has 140 valence electrons. The highest BCUT2D eigenvalue weighted by Crippen LogP contribution is 2.32. The quantitative estimate of drug-likeness (QED) is 0.457. The molecule has 2 N–H and O–H groups in total. The lowest BCUT2D eigenvalue weighted by atomic mass is 9.89. The first-order chi connectivity index (χ1) is 13.7. The van der Waals surface area contributed by atoms with Crippen LogP contribution in [-0.2, 0) is 6.42 Å². The van der Waals surface area contributed by atoms with Crippen LogP contribution in [0, 0.1) is 0 Å². The number of rotatable bonds is 6. The third-order valence-corrected chi connectivity index (χ3v) is 5.61. The first kappa shape index (κ1) is 18.3. The van der Waals surface area contributed by atoms with Crippen molar-refractivity contribution < 1.29 is 4.74 Å². The fraction of sp³-hybridized carbons (Fsp3) is 0.125. The normalized spacial score (nSPS) is 11.9. The average molecular weight is 387 g/mol. The van der Waals surface area contributed by atoms with Gasteiger partial charge in [-0.1, -0.05) is 66.7 Å². The van der Waals surface area contributed by atoms with Gasteiger partial charge in [0.15, 0.2) is 5.13 Å². The summed E-state index contributed by atoms with van der Waals surface area (Å²) in [6.45, 7) is 0. The van der Waals surface area contributed by atoms with Crippen LogP contribution in [0.1, 0.15) is 22.7 Å². The summed E-state index contributed by atoms with van der Waals surface area (Å²) in [5, 5.41) is 2.66. The predicted octanol–water partition coefficient (Wildman–Crippen LogP) is 5.78. The number of thiazole rings is 1. The van der Waals surface area contributed by atoms with Crippen molar-refractivity contribution in [2.75, 3.05) is 12.8 Å². The molecule has 0 aliphatic heterocycles. The third kappa shape index (κ3) is 4.07. The number of nitrogen functional groups attached to an aromatic ring is 1. The second-order valence-corrected chi connectivity index (χ2v) is 7.59. The Labute approximate surface area is 169 Å². The Kier molecular flexibility index (Phi) is 5.40. The van der Waals surface area contributed by atoms with Gasteiger partial charge >= 0.3 is 0 Å². The number of anilines is 1. The van der Waals surface area contributed by atoms with Gasteiger partial charge in [-0.3, -0.25) is 0 Å². The van der Waals surface area contributed by atoms with Crippen molar-refractivity contribution in [1.82, 2.24) is 4.98 Å². The van der Waals surface area contributed by atoms with Crippen molar-refractivity contribution in [3.05, 3.63) is 101 Å². The van der Waals surface area contributed by atoms with Crippen molar-refractivity contribution >= 4 is 16.5 Å². The van der Waals surface area contributed by atoms with Gasteiger partial charge in [0.05, 0.1) is 12.8 Å².